The summed E-state index contributed by atoms with van der Waals surface area (Å²) in [6.07, 6.45) is 15.6. The number of morpholine rings is 1. The predicted molar refractivity (Wildman–Crippen MR) is 172 cm³/mol. The molecule has 1 unspecified atom stereocenters. The maximum atomic E-state index is 12.9. The minimum Gasteiger partial charge on any atom is -0.378 e. The number of hydrogen-bond donors (Lipinski definition) is 3. The van der Waals surface area contributed by atoms with E-state index in [-0.39, 0.29) is 11.9 Å². The number of imidazole rings is 2. The minimum absolute atomic E-state index is 0.144. The van der Waals surface area contributed by atoms with Gasteiger partial charge in [-0.2, -0.15) is 0 Å². The zero-order valence-electron chi connectivity index (χ0n) is 25.5. The van der Waals surface area contributed by atoms with Crippen molar-refractivity contribution in [1.29, 1.82) is 0 Å². The summed E-state index contributed by atoms with van der Waals surface area (Å²) < 4.78 is 10.1. The smallest absolute Gasteiger partial charge is 0.242 e. The van der Waals surface area contributed by atoms with Crippen LogP contribution in [-0.4, -0.2) is 114 Å². The van der Waals surface area contributed by atoms with Crippen molar-refractivity contribution < 1.29 is 9.53 Å². The number of likely N-dealkylation sites (N-methyl/N-ethyl adjacent to an activating group) is 1. The number of fused-ring (bicyclic) bond motifs is 6. The molecule has 0 aliphatic carbocycles. The number of carbonyl (C=O) groups is 1. The Labute approximate surface area is 260 Å². The minimum atomic E-state index is -0.144. The highest BCUT2D eigenvalue weighted by atomic mass is 16.5. The van der Waals surface area contributed by atoms with E-state index in [4.69, 9.17) is 4.74 Å². The number of nitrogens with zero attached hydrogens (tertiary/aromatic N) is 8. The summed E-state index contributed by atoms with van der Waals surface area (Å²) in [5.74, 6) is 0.198. The third-order valence-corrected chi connectivity index (χ3v) is 9.79. The Morgan fingerprint density at radius 2 is 1.38 bits per heavy atom. The molecule has 45 heavy (non-hydrogen) atoms. The number of pyridine rings is 2. The molecule has 3 fully saturated rings. The van der Waals surface area contributed by atoms with Crippen molar-refractivity contribution in [1.82, 2.24) is 54.2 Å². The summed E-state index contributed by atoms with van der Waals surface area (Å²) in [4.78, 5) is 41.2. The van der Waals surface area contributed by atoms with E-state index in [1.165, 1.54) is 23.7 Å². The summed E-state index contributed by atoms with van der Waals surface area (Å²) in [6, 6.07) is 4.90. The van der Waals surface area contributed by atoms with Crippen molar-refractivity contribution in [2.75, 3.05) is 53.0 Å². The molecule has 0 spiro atoms. The Morgan fingerprint density at radius 1 is 0.800 bits per heavy atom. The van der Waals surface area contributed by atoms with Crippen LogP contribution in [0.5, 0.6) is 0 Å². The molecule has 0 bridgehead atoms. The first-order chi connectivity index (χ1) is 22.2. The number of carbonyl (C=O) groups excluding carboxylic acids is 1. The Hall–Kier alpha value is -4.33. The van der Waals surface area contributed by atoms with Gasteiger partial charge in [0.05, 0.1) is 49.3 Å². The Balaban J connectivity index is 0.000000144. The van der Waals surface area contributed by atoms with Crippen LogP contribution < -0.4 is 5.32 Å². The lowest BCUT2D eigenvalue weighted by atomic mass is 10.0. The van der Waals surface area contributed by atoms with Crippen LogP contribution in [0.15, 0.2) is 49.6 Å². The number of aromatic amines is 2. The number of amides is 1. The topological polar surface area (TPSA) is 138 Å². The Kier molecular flexibility index (Phi) is 7.43. The van der Waals surface area contributed by atoms with Gasteiger partial charge in [0.1, 0.15) is 28.4 Å². The predicted octanol–water partition coefficient (Wildman–Crippen LogP) is 3.24. The van der Waals surface area contributed by atoms with E-state index in [0.717, 1.165) is 78.8 Å². The van der Waals surface area contributed by atoms with E-state index >= 15 is 0 Å². The van der Waals surface area contributed by atoms with Gasteiger partial charge in [-0.25, -0.2) is 19.9 Å². The highest BCUT2D eigenvalue weighted by Gasteiger charge is 2.33. The molecular weight excluding hydrogens is 570 g/mol. The van der Waals surface area contributed by atoms with E-state index < -0.39 is 0 Å². The number of piperidine rings is 2. The summed E-state index contributed by atoms with van der Waals surface area (Å²) in [6.45, 7) is 5.74. The van der Waals surface area contributed by atoms with E-state index in [0.29, 0.717) is 25.3 Å². The van der Waals surface area contributed by atoms with Crippen LogP contribution in [-0.2, 0) is 9.53 Å². The molecule has 6 aromatic heterocycles. The van der Waals surface area contributed by atoms with Crippen LogP contribution >= 0.6 is 0 Å². The first kappa shape index (κ1) is 28.2. The fourth-order valence-electron chi connectivity index (χ4n) is 7.22. The summed E-state index contributed by atoms with van der Waals surface area (Å²) in [7, 11) is 2.01. The fourth-order valence-corrected chi connectivity index (χ4v) is 7.22. The number of likely N-dealkylation sites (tertiary alicyclic amines) is 1. The molecule has 3 aliphatic heterocycles. The van der Waals surface area contributed by atoms with Crippen molar-refractivity contribution in [2.45, 2.75) is 43.8 Å². The molecule has 3 aliphatic rings. The second-order valence-electron chi connectivity index (χ2n) is 12.4. The monoisotopic (exact) mass is 609 g/mol. The first-order valence-electron chi connectivity index (χ1n) is 16.0. The van der Waals surface area contributed by atoms with Gasteiger partial charge in [-0.3, -0.25) is 9.69 Å². The lowest BCUT2D eigenvalue weighted by molar-refractivity contribution is -0.143. The molecule has 1 amide bonds. The average Bonchev–Trinajstić information content (AvgIpc) is 3.90. The Bertz CT molecular complexity index is 1940. The van der Waals surface area contributed by atoms with Gasteiger partial charge in [-0.1, -0.05) is 0 Å². The van der Waals surface area contributed by atoms with E-state index in [2.05, 4.69) is 61.4 Å². The highest BCUT2D eigenvalue weighted by molar-refractivity contribution is 6.01. The molecule has 9 heterocycles. The molecule has 0 radical (unpaired) electrons. The summed E-state index contributed by atoms with van der Waals surface area (Å²) in [5.41, 5.74) is 6.08. The normalized spacial score (nSPS) is 20.7. The van der Waals surface area contributed by atoms with Crippen LogP contribution in [0, 0.1) is 0 Å². The van der Waals surface area contributed by atoms with Crippen molar-refractivity contribution in [2.24, 2.45) is 0 Å². The van der Waals surface area contributed by atoms with Gasteiger partial charge < -0.3 is 34.1 Å². The van der Waals surface area contributed by atoms with Crippen LogP contribution in [0.25, 0.3) is 44.1 Å². The Morgan fingerprint density at radius 3 is 1.96 bits per heavy atom. The van der Waals surface area contributed by atoms with Crippen molar-refractivity contribution in [3.8, 4) is 0 Å². The lowest BCUT2D eigenvalue weighted by Gasteiger charge is -2.38. The van der Waals surface area contributed by atoms with Crippen LogP contribution in [0.2, 0.25) is 0 Å². The van der Waals surface area contributed by atoms with Gasteiger partial charge in [0.15, 0.2) is 0 Å². The molecule has 6 aromatic rings. The van der Waals surface area contributed by atoms with E-state index in [9.17, 15) is 4.79 Å². The molecule has 9 rings (SSSR count). The second kappa shape index (κ2) is 11.9. The van der Waals surface area contributed by atoms with E-state index in [1.807, 2.05) is 49.4 Å². The molecule has 1 atom stereocenters. The van der Waals surface area contributed by atoms with Crippen LogP contribution in [0.3, 0.4) is 0 Å². The molecule has 0 aromatic carbocycles. The van der Waals surface area contributed by atoms with Gasteiger partial charge in [-0.05, 0) is 58.0 Å². The first-order valence-corrected chi connectivity index (χ1v) is 16.0. The van der Waals surface area contributed by atoms with Crippen molar-refractivity contribution >= 4 is 50.0 Å². The maximum absolute atomic E-state index is 12.9. The van der Waals surface area contributed by atoms with Gasteiger partial charge in [0.25, 0.3) is 0 Å². The summed E-state index contributed by atoms with van der Waals surface area (Å²) >= 11 is 0. The molecule has 3 N–H and O–H groups in total. The van der Waals surface area contributed by atoms with Gasteiger partial charge in [-0.15, -0.1) is 0 Å². The number of hydrogen-bond acceptors (Lipinski definition) is 8. The zero-order chi connectivity index (χ0) is 30.3. The van der Waals surface area contributed by atoms with Crippen molar-refractivity contribution in [3.63, 3.8) is 0 Å². The zero-order valence-corrected chi connectivity index (χ0v) is 25.5. The van der Waals surface area contributed by atoms with Crippen LogP contribution in [0.4, 0.5) is 0 Å². The van der Waals surface area contributed by atoms with E-state index in [1.54, 1.807) is 0 Å². The molecule has 3 saturated heterocycles. The molecule has 13 heteroatoms. The molecule has 0 saturated carbocycles. The van der Waals surface area contributed by atoms with Gasteiger partial charge in [0, 0.05) is 54.9 Å². The third-order valence-electron chi connectivity index (χ3n) is 9.79. The van der Waals surface area contributed by atoms with Crippen LogP contribution in [0.1, 0.15) is 37.8 Å². The molecule has 13 nitrogen and oxygen atoms in total. The fraction of sp³-hybridized carbons (Fsp3) is 0.469. The quantitative estimate of drug-likeness (QED) is 0.278. The average molecular weight is 610 g/mol. The molecular formula is C32H39N11O2. The molecule has 234 valence electrons. The maximum Gasteiger partial charge on any atom is 0.242 e. The van der Waals surface area contributed by atoms with Gasteiger partial charge in [0.2, 0.25) is 5.91 Å². The number of H-pyrrole nitrogens is 2. The highest BCUT2D eigenvalue weighted by Crippen LogP contribution is 2.31. The number of rotatable bonds is 3. The number of ether oxygens (including phenoxy) is 1. The lowest BCUT2D eigenvalue weighted by Crippen LogP contribution is -2.54. The largest absolute Gasteiger partial charge is 0.378 e. The third kappa shape index (κ3) is 5.14. The summed E-state index contributed by atoms with van der Waals surface area (Å²) in [5, 5.41) is 5.68. The standard InChI is InChI=1S/C19H24N6O2.C13H15N5/c1-23-8-9-27-11-16(23)19(26)24-6-3-13(4-7-24)25-12-22-15-10-21-18-14(17(15)25)2-5-20-18;1-4-14-5-2-9(1)18-8-17-11-7-16-13-10(12(11)18)3-6-15-13/h2,5,10,12-13,16H,3-4,6-9,11H2,1H3,(H,20,21);3,6-9,14H,1-2,4-5H2,(H,15,16). The second-order valence-corrected chi connectivity index (χ2v) is 12.4. The SMILES string of the molecule is CN1CCOCC1C(=O)N1CCC(n2cnc3cnc4[nH]ccc4c32)CC1.c1cc2c(ncc3ncn(C4CCNCC4)c32)[nH]1. The van der Waals surface area contributed by atoms with Crippen molar-refractivity contribution in [3.05, 3.63) is 49.6 Å². The van der Waals surface area contributed by atoms with Gasteiger partial charge >= 0.3 is 0 Å². The number of nitrogens with one attached hydrogen (secondary N) is 3. The number of aromatic nitrogens is 8.